The highest BCUT2D eigenvalue weighted by atomic mass is 19.2. The Morgan fingerprint density at radius 1 is 0.409 bits per heavy atom. The summed E-state index contributed by atoms with van der Waals surface area (Å²) < 4.78 is 75.2. The summed E-state index contributed by atoms with van der Waals surface area (Å²) in [6.45, 7) is 3.88. The molecule has 66 heavy (non-hydrogen) atoms. The van der Waals surface area contributed by atoms with Crippen molar-refractivity contribution in [1.29, 1.82) is 0 Å². The molecular formula is C59H46F4O3. The number of ether oxygens (including phenoxy) is 2. The van der Waals surface area contributed by atoms with Crippen molar-refractivity contribution in [2.75, 3.05) is 0 Å². The van der Waals surface area contributed by atoms with E-state index in [4.69, 9.17) is 9.47 Å². The van der Waals surface area contributed by atoms with E-state index >= 15 is 17.6 Å². The number of carbonyl (C=O) groups is 1. The van der Waals surface area contributed by atoms with Crippen LogP contribution in [-0.2, 0) is 25.7 Å². The molecule has 8 aromatic rings. The molecule has 0 heterocycles. The van der Waals surface area contributed by atoms with Crippen molar-refractivity contribution in [3.63, 3.8) is 0 Å². The lowest BCUT2D eigenvalue weighted by Crippen LogP contribution is -2.14. The Balaban J connectivity index is 0.962. The Kier molecular flexibility index (Phi) is 11.6. The molecule has 0 spiro atoms. The lowest BCUT2D eigenvalue weighted by Gasteiger charge is -2.27. The summed E-state index contributed by atoms with van der Waals surface area (Å²) in [6, 6.07) is 42.2. The van der Waals surface area contributed by atoms with Crippen LogP contribution in [0, 0.1) is 37.1 Å². The van der Waals surface area contributed by atoms with E-state index in [0.29, 0.717) is 39.5 Å². The first kappa shape index (κ1) is 42.7. The van der Waals surface area contributed by atoms with Gasteiger partial charge in [-0.25, -0.2) is 22.4 Å². The van der Waals surface area contributed by atoms with E-state index in [0.717, 1.165) is 84.7 Å². The molecule has 0 aromatic heterocycles. The van der Waals surface area contributed by atoms with E-state index in [2.05, 4.69) is 6.07 Å². The molecule has 3 nitrogen and oxygen atoms in total. The molecule has 0 saturated heterocycles. The summed E-state index contributed by atoms with van der Waals surface area (Å²) in [5.74, 6) is -2.77. The largest absolute Gasteiger partial charge is 0.457 e. The molecular weight excluding hydrogens is 833 g/mol. The molecule has 0 unspecified atom stereocenters. The van der Waals surface area contributed by atoms with Gasteiger partial charge in [-0.05, 0) is 146 Å². The van der Waals surface area contributed by atoms with Crippen molar-refractivity contribution in [1.82, 2.24) is 0 Å². The van der Waals surface area contributed by atoms with Crippen molar-refractivity contribution in [3.8, 4) is 72.9 Å². The van der Waals surface area contributed by atoms with Crippen molar-refractivity contribution in [2.45, 2.75) is 65.2 Å². The fraction of sp³-hybridized carbons (Fsp3) is 0.169. The summed E-state index contributed by atoms with van der Waals surface area (Å²) in [7, 11) is 0. The predicted molar refractivity (Wildman–Crippen MR) is 254 cm³/mol. The monoisotopic (exact) mass is 878 g/mol. The van der Waals surface area contributed by atoms with Crippen LogP contribution in [0.2, 0.25) is 0 Å². The summed E-state index contributed by atoms with van der Waals surface area (Å²) in [6.07, 6.45) is 7.55. The molecule has 0 bridgehead atoms. The summed E-state index contributed by atoms with van der Waals surface area (Å²) >= 11 is 0. The number of rotatable bonds is 9. The molecule has 8 aromatic carbocycles. The van der Waals surface area contributed by atoms with E-state index in [9.17, 15) is 4.79 Å². The molecule has 0 N–H and O–H groups in total. The minimum absolute atomic E-state index is 0.0878. The average Bonchev–Trinajstić information content (AvgIpc) is 3.34. The molecule has 0 saturated carbocycles. The van der Waals surface area contributed by atoms with Gasteiger partial charge < -0.3 is 9.47 Å². The van der Waals surface area contributed by atoms with Crippen LogP contribution in [-0.4, -0.2) is 5.97 Å². The molecule has 2 aliphatic carbocycles. The van der Waals surface area contributed by atoms with E-state index < -0.39 is 29.2 Å². The summed E-state index contributed by atoms with van der Waals surface area (Å²) in [5.41, 5.74) is 11.5. The van der Waals surface area contributed by atoms with Crippen LogP contribution in [0.25, 0.3) is 55.6 Å². The van der Waals surface area contributed by atoms with Crippen LogP contribution in [0.4, 0.5) is 17.6 Å². The van der Waals surface area contributed by atoms with Crippen LogP contribution < -0.4 is 9.47 Å². The topological polar surface area (TPSA) is 35.5 Å². The second-order valence-electron chi connectivity index (χ2n) is 17.5. The van der Waals surface area contributed by atoms with Crippen molar-refractivity contribution in [3.05, 3.63) is 208 Å². The van der Waals surface area contributed by atoms with Gasteiger partial charge in [0.25, 0.3) is 0 Å². The van der Waals surface area contributed by atoms with Crippen LogP contribution in [0.1, 0.15) is 69.4 Å². The van der Waals surface area contributed by atoms with E-state index in [1.807, 2.05) is 56.3 Å². The Bertz CT molecular complexity index is 3140. The van der Waals surface area contributed by atoms with Gasteiger partial charge >= 0.3 is 5.97 Å². The van der Waals surface area contributed by atoms with Crippen LogP contribution >= 0.6 is 0 Å². The number of halogens is 4. The first-order valence-electron chi connectivity index (χ1n) is 22.6. The first-order valence-corrected chi connectivity index (χ1v) is 22.6. The predicted octanol–water partition coefficient (Wildman–Crippen LogP) is 16.0. The second-order valence-corrected chi connectivity index (χ2v) is 17.5. The van der Waals surface area contributed by atoms with Gasteiger partial charge in [0.2, 0.25) is 0 Å². The zero-order chi connectivity index (χ0) is 45.5. The fourth-order valence-electron chi connectivity index (χ4n) is 9.56. The Morgan fingerprint density at radius 2 is 0.773 bits per heavy atom. The quantitative estimate of drug-likeness (QED) is 0.0823. The van der Waals surface area contributed by atoms with Crippen LogP contribution in [0.5, 0.6) is 17.2 Å². The smallest absolute Gasteiger partial charge is 0.343 e. The molecule has 0 aliphatic heterocycles. The van der Waals surface area contributed by atoms with Crippen LogP contribution in [0.15, 0.2) is 146 Å². The molecule has 0 fully saturated rings. The van der Waals surface area contributed by atoms with E-state index in [1.54, 1.807) is 97.1 Å². The minimum atomic E-state index is -0.963. The maximum Gasteiger partial charge on any atom is 0.343 e. The standard InChI is InChI=1S/C59H46F4O3/c1-35-11-15-39(16-12-35)47-29-31-49(57(62)55(47)60)41-19-21-43(22-20-41)59(64)66-52-34-26-38-8-4-6-10-46(38)54(52)53-45-9-5-3-7-37(45)25-33-51(53)65-44-27-23-42(24-28-44)50-32-30-48(56(61)58(50)63)40-17-13-36(2)14-18-40/h11-34H,3-10H2,1-2H3. The molecule has 7 heteroatoms. The zero-order valence-corrected chi connectivity index (χ0v) is 36.7. The molecule has 10 rings (SSSR count). The number of hydrogen-bond donors (Lipinski definition) is 0. The van der Waals surface area contributed by atoms with E-state index in [1.165, 1.54) is 11.1 Å². The normalized spacial score (nSPS) is 13.2. The number of esters is 1. The SMILES string of the molecule is Cc1ccc(-c2ccc(-c3ccc(Oc4ccc5c(c4-c4c(OC(=O)c6ccc(-c7ccc(-c8ccc(C)cc8)c(F)c7F)cc6)ccc6c4CCCC6)CCCC5)cc3)c(F)c2F)cc1. The number of fused-ring (bicyclic) bond motifs is 2. The van der Waals surface area contributed by atoms with Gasteiger partial charge in [0.1, 0.15) is 17.2 Å². The van der Waals surface area contributed by atoms with Crippen LogP contribution in [0.3, 0.4) is 0 Å². The maximum absolute atomic E-state index is 15.7. The summed E-state index contributed by atoms with van der Waals surface area (Å²) in [4.78, 5) is 14.1. The van der Waals surface area contributed by atoms with Crippen molar-refractivity contribution < 1.29 is 31.8 Å². The lowest BCUT2D eigenvalue weighted by molar-refractivity contribution is 0.0735. The van der Waals surface area contributed by atoms with E-state index in [-0.39, 0.29) is 27.8 Å². The third-order valence-electron chi connectivity index (χ3n) is 13.2. The van der Waals surface area contributed by atoms with Gasteiger partial charge in [-0.2, -0.15) is 0 Å². The van der Waals surface area contributed by atoms with Gasteiger partial charge in [-0.1, -0.05) is 120 Å². The maximum atomic E-state index is 15.7. The number of aryl methyl sites for hydroxylation is 4. The molecule has 0 radical (unpaired) electrons. The van der Waals surface area contributed by atoms with Gasteiger partial charge in [-0.3, -0.25) is 0 Å². The highest BCUT2D eigenvalue weighted by molar-refractivity contribution is 5.94. The molecule has 328 valence electrons. The van der Waals surface area contributed by atoms with Gasteiger partial charge in [0.15, 0.2) is 23.3 Å². The van der Waals surface area contributed by atoms with Gasteiger partial charge in [-0.15, -0.1) is 0 Å². The van der Waals surface area contributed by atoms with Gasteiger partial charge in [0, 0.05) is 33.4 Å². The fourth-order valence-corrected chi connectivity index (χ4v) is 9.56. The van der Waals surface area contributed by atoms with Gasteiger partial charge in [0.05, 0.1) is 5.56 Å². The zero-order valence-electron chi connectivity index (χ0n) is 36.7. The van der Waals surface area contributed by atoms with Crippen molar-refractivity contribution >= 4 is 5.97 Å². The average molecular weight is 879 g/mol. The Hall–Kier alpha value is -7.25. The highest BCUT2D eigenvalue weighted by Gasteiger charge is 2.28. The minimum Gasteiger partial charge on any atom is -0.457 e. The third-order valence-corrected chi connectivity index (χ3v) is 13.2. The number of hydrogen-bond acceptors (Lipinski definition) is 3. The lowest BCUT2D eigenvalue weighted by atomic mass is 9.80. The number of benzene rings is 8. The Morgan fingerprint density at radius 3 is 1.21 bits per heavy atom. The summed E-state index contributed by atoms with van der Waals surface area (Å²) in [5, 5.41) is 0. The molecule has 0 amide bonds. The Labute approximate surface area is 382 Å². The molecule has 2 aliphatic rings. The first-order chi connectivity index (χ1) is 32.1. The third kappa shape index (κ3) is 8.19. The number of carbonyl (C=O) groups excluding carboxylic acids is 1. The second kappa shape index (κ2) is 18.0. The highest BCUT2D eigenvalue weighted by Crippen LogP contribution is 2.48. The van der Waals surface area contributed by atoms with Crippen molar-refractivity contribution in [2.24, 2.45) is 0 Å². The molecule has 0 atom stereocenters.